The lowest BCUT2D eigenvalue weighted by Crippen LogP contribution is -2.63. The van der Waals surface area contributed by atoms with Crippen LogP contribution < -0.4 is 4.90 Å². The number of nitrogens with zero attached hydrogens (tertiary/aromatic N) is 5. The van der Waals surface area contributed by atoms with Gasteiger partial charge in [-0.2, -0.15) is 0 Å². The number of carbonyl (C=O) groups excluding carboxylic acids is 1. The van der Waals surface area contributed by atoms with E-state index in [2.05, 4.69) is 64.8 Å². The smallest absolute Gasteiger partial charge is 0.410 e. The highest BCUT2D eigenvalue weighted by Crippen LogP contribution is 2.47. The van der Waals surface area contributed by atoms with E-state index in [1.165, 1.54) is 17.8 Å². The third kappa shape index (κ3) is 6.69. The van der Waals surface area contributed by atoms with Crippen LogP contribution in [0.3, 0.4) is 0 Å². The molecule has 55 heavy (non-hydrogen) atoms. The fourth-order valence-corrected chi connectivity index (χ4v) is 15.9. The predicted octanol–water partition coefficient (Wildman–Crippen LogP) is 11.0. The van der Waals surface area contributed by atoms with Crippen LogP contribution in [0.5, 0.6) is 0 Å². The highest BCUT2D eigenvalue weighted by Gasteiger charge is 2.53. The summed E-state index contributed by atoms with van der Waals surface area (Å²) >= 11 is 1.47. The van der Waals surface area contributed by atoms with Crippen LogP contribution in [0.25, 0.3) is 32.9 Å². The molecule has 2 aromatic heterocycles. The predicted molar refractivity (Wildman–Crippen MR) is 223 cm³/mol. The number of piperazine rings is 1. The maximum absolute atomic E-state index is 17.5. The molecule has 0 radical (unpaired) electrons. The van der Waals surface area contributed by atoms with E-state index in [0.717, 1.165) is 18.2 Å². The Labute approximate surface area is 330 Å². The Morgan fingerprint density at radius 3 is 2.36 bits per heavy atom. The van der Waals surface area contributed by atoms with Gasteiger partial charge in [-0.3, -0.25) is 4.90 Å². The second kappa shape index (κ2) is 14.6. The Kier molecular flexibility index (Phi) is 10.5. The molecule has 0 saturated carbocycles. The normalized spacial score (nSPS) is 21.0. The van der Waals surface area contributed by atoms with Crippen molar-refractivity contribution in [2.45, 2.75) is 141 Å². The number of thioether (sulfide) groups is 1. The second-order valence-electron chi connectivity index (χ2n) is 17.7. The first-order valence-electron chi connectivity index (χ1n) is 20.0. The minimum atomic E-state index is -2.22. The van der Waals surface area contributed by atoms with Crippen LogP contribution in [0, 0.1) is 29.0 Å². The van der Waals surface area contributed by atoms with Gasteiger partial charge in [-0.1, -0.05) is 97.3 Å². The average molecular weight is 784 g/mol. The number of hydrogen-bond acceptors (Lipinski definition) is 7. The lowest BCUT2D eigenvalue weighted by atomic mass is 9.88. The first-order chi connectivity index (χ1) is 26.0. The van der Waals surface area contributed by atoms with Crippen molar-refractivity contribution < 1.29 is 18.3 Å². The Morgan fingerprint density at radius 2 is 1.71 bits per heavy atom. The van der Waals surface area contributed by atoms with E-state index in [-0.39, 0.29) is 46.9 Å². The van der Waals surface area contributed by atoms with Gasteiger partial charge in [-0.15, -0.1) is 5.54 Å². The molecule has 0 aliphatic carbocycles. The van der Waals surface area contributed by atoms with Crippen molar-refractivity contribution in [1.29, 1.82) is 0 Å². The van der Waals surface area contributed by atoms with Gasteiger partial charge in [0, 0.05) is 17.5 Å². The molecule has 2 bridgehead atoms. The van der Waals surface area contributed by atoms with E-state index in [4.69, 9.17) is 19.7 Å². The second-order valence-corrected chi connectivity index (χ2v) is 24.5. The maximum atomic E-state index is 17.5. The van der Waals surface area contributed by atoms with E-state index in [9.17, 15) is 4.79 Å². The maximum Gasteiger partial charge on any atom is 0.410 e. The van der Waals surface area contributed by atoms with Gasteiger partial charge in [-0.05, 0) is 79.8 Å². The van der Waals surface area contributed by atoms with Crippen molar-refractivity contribution in [2.75, 3.05) is 17.2 Å². The molecule has 0 N–H and O–H groups in total. The van der Waals surface area contributed by atoms with Crippen LogP contribution in [0.1, 0.15) is 100 Å². The molecule has 292 valence electrons. The number of ether oxygens (including phenoxy) is 1. The average Bonchev–Trinajstić information content (AvgIpc) is 3.35. The molecular formula is C44H55F2N5O2SSi. The van der Waals surface area contributed by atoms with Gasteiger partial charge in [0.05, 0.1) is 34.8 Å². The van der Waals surface area contributed by atoms with Gasteiger partial charge >= 0.3 is 6.09 Å². The summed E-state index contributed by atoms with van der Waals surface area (Å²) in [7, 11) is -2.22. The van der Waals surface area contributed by atoms with Gasteiger partial charge in [0.1, 0.15) is 36.5 Å². The molecule has 7 nitrogen and oxygen atoms in total. The quantitative estimate of drug-likeness (QED) is 0.0834. The molecule has 2 aromatic carbocycles. The van der Waals surface area contributed by atoms with Crippen LogP contribution in [-0.4, -0.2) is 70.0 Å². The zero-order valence-corrected chi connectivity index (χ0v) is 36.0. The Bertz CT molecular complexity index is 2210. The van der Waals surface area contributed by atoms with E-state index in [1.54, 1.807) is 6.07 Å². The Hall–Kier alpha value is -3.75. The van der Waals surface area contributed by atoms with Gasteiger partial charge in [-0.25, -0.2) is 28.5 Å². The number of pyridine rings is 1. The molecule has 2 saturated heterocycles. The van der Waals surface area contributed by atoms with Crippen LogP contribution >= 0.6 is 11.8 Å². The fourth-order valence-electron chi connectivity index (χ4n) is 10.1. The van der Waals surface area contributed by atoms with Gasteiger partial charge in [0.25, 0.3) is 0 Å². The summed E-state index contributed by atoms with van der Waals surface area (Å²) in [5.74, 6) is 3.84. The lowest BCUT2D eigenvalue weighted by Gasteiger charge is -2.49. The molecule has 4 atom stereocenters. The van der Waals surface area contributed by atoms with Crippen molar-refractivity contribution in [1.82, 2.24) is 19.9 Å². The molecule has 7 rings (SSSR count). The summed E-state index contributed by atoms with van der Waals surface area (Å²) < 4.78 is 39.6. The number of rotatable bonds is 6. The summed E-state index contributed by atoms with van der Waals surface area (Å²) in [4.78, 5) is 33.1. The molecule has 4 aromatic rings. The molecule has 3 aliphatic rings. The van der Waals surface area contributed by atoms with E-state index >= 15 is 8.78 Å². The molecular weight excluding hydrogens is 729 g/mol. The highest BCUT2D eigenvalue weighted by molar-refractivity contribution is 7.99. The topological polar surface area (TPSA) is 71.5 Å². The van der Waals surface area contributed by atoms with Gasteiger partial charge < -0.3 is 9.64 Å². The molecule has 0 spiro atoms. The number of hydrogen-bond donors (Lipinski definition) is 0. The van der Waals surface area contributed by atoms with Gasteiger partial charge in [0.2, 0.25) is 0 Å². The third-order valence-electron chi connectivity index (χ3n) is 12.3. The Balaban J connectivity index is 1.44. The largest absolute Gasteiger partial charge is 0.444 e. The molecule has 5 heterocycles. The summed E-state index contributed by atoms with van der Waals surface area (Å²) in [6.07, 6.45) is 1.96. The number of aromatic nitrogens is 3. The molecule has 11 heteroatoms. The minimum Gasteiger partial charge on any atom is -0.444 e. The molecule has 3 aliphatic heterocycles. The number of amides is 1. The number of carbonyl (C=O) groups is 1. The zero-order valence-electron chi connectivity index (χ0n) is 34.2. The Morgan fingerprint density at radius 1 is 1.00 bits per heavy atom. The van der Waals surface area contributed by atoms with Crippen LogP contribution in [0.15, 0.2) is 35.5 Å². The van der Waals surface area contributed by atoms with Gasteiger partial charge in [0.15, 0.2) is 11.0 Å². The van der Waals surface area contributed by atoms with Crippen molar-refractivity contribution in [3.8, 4) is 22.7 Å². The number of fused-ring (bicyclic) bond motifs is 6. The first kappa shape index (κ1) is 39.5. The fraction of sp³-hybridized carbons (Fsp3) is 0.545. The van der Waals surface area contributed by atoms with Crippen LogP contribution in [0.4, 0.5) is 19.4 Å². The summed E-state index contributed by atoms with van der Waals surface area (Å²) in [5.41, 5.74) is 6.06. The molecule has 2 fully saturated rings. The van der Waals surface area contributed by atoms with E-state index in [1.807, 2.05) is 50.8 Å². The van der Waals surface area contributed by atoms with Crippen LogP contribution in [-0.2, 0) is 11.2 Å². The third-order valence-corrected chi connectivity index (χ3v) is 19.3. The lowest BCUT2D eigenvalue weighted by molar-refractivity contribution is 0.00491. The van der Waals surface area contributed by atoms with E-state index < -0.39 is 25.3 Å². The number of halogens is 2. The molecule has 0 unspecified atom stereocenters. The van der Waals surface area contributed by atoms with Crippen molar-refractivity contribution in [2.24, 2.45) is 5.92 Å². The van der Waals surface area contributed by atoms with Crippen molar-refractivity contribution >= 4 is 53.4 Å². The monoisotopic (exact) mass is 783 g/mol. The summed E-state index contributed by atoms with van der Waals surface area (Å²) in [5, 5.41) is 2.45. The molecule has 1 amide bonds. The van der Waals surface area contributed by atoms with Crippen LogP contribution in [0.2, 0.25) is 16.6 Å². The highest BCUT2D eigenvalue weighted by atomic mass is 32.2. The minimum absolute atomic E-state index is 0.0343. The zero-order chi connectivity index (χ0) is 39.7. The standard InChI is InChI=1S/C44H55F2N5O2SSi/c1-12-54-42-48-39-36-33(22-27(8)40-34-19-17-29(23-50(40)41(36)49-42)51(34)43(52)53-44(9,10)11)47-38(37(39)46)31-15-13-14-28-16-18-32(45)30(35(28)31)20-21-55(24(2)3,25(4)5)26(6)7/h13-16,18,24-27,29,34,40H,12,17,19,22-23H2,1-11H3/t27-,29-,34+,40-/m1/s1. The SMILES string of the molecule is CCSc1nc2c3c(nc(-c4cccc5ccc(F)c(C#C[Si](C(C)C)(C(C)C)C(C)C)c45)c(F)c3n1)C[C@@H](C)[C@@H]1[C@@H]3CC[C@H](CN21)N3C(=O)OC(C)(C)C. The number of benzene rings is 2. The first-order valence-corrected chi connectivity index (χ1v) is 23.3. The summed E-state index contributed by atoms with van der Waals surface area (Å²) in [6, 6.07) is 8.63. The van der Waals surface area contributed by atoms with Crippen molar-refractivity contribution in [3.63, 3.8) is 0 Å². The van der Waals surface area contributed by atoms with E-state index in [0.29, 0.717) is 68.3 Å². The summed E-state index contributed by atoms with van der Waals surface area (Å²) in [6.45, 7) is 23.9. The number of anilines is 1. The van der Waals surface area contributed by atoms with Crippen molar-refractivity contribution in [3.05, 3.63) is 53.2 Å².